The molecule has 0 amide bonds. The molecule has 0 aliphatic carbocycles. The van der Waals surface area contributed by atoms with Crippen molar-refractivity contribution in [2.24, 2.45) is 0 Å². The minimum atomic E-state index is -0.872. The van der Waals surface area contributed by atoms with Crippen LogP contribution in [-0.2, 0) is 10.5 Å². The van der Waals surface area contributed by atoms with Gasteiger partial charge in [-0.1, -0.05) is 17.3 Å². The Morgan fingerprint density at radius 2 is 2.18 bits per heavy atom. The maximum atomic E-state index is 9.49. The van der Waals surface area contributed by atoms with Crippen molar-refractivity contribution in [1.29, 1.82) is 0 Å². The summed E-state index contributed by atoms with van der Waals surface area (Å²) in [7, 11) is 0. The van der Waals surface area contributed by atoms with Gasteiger partial charge >= 0.3 is 0 Å². The predicted octanol–water partition coefficient (Wildman–Crippen LogP) is -0.142. The van der Waals surface area contributed by atoms with E-state index in [0.29, 0.717) is 6.42 Å². The van der Waals surface area contributed by atoms with Crippen molar-refractivity contribution < 1.29 is 14.9 Å². The highest BCUT2D eigenvalue weighted by Gasteiger charge is 2.48. The predicted molar refractivity (Wildman–Crippen MR) is 59.2 cm³/mol. The fraction of sp³-hybridized carbons (Fsp3) is 0.455. The van der Waals surface area contributed by atoms with Crippen LogP contribution in [0.3, 0.4) is 0 Å². The molecule has 17 heavy (non-hydrogen) atoms. The van der Waals surface area contributed by atoms with E-state index in [1.807, 2.05) is 24.3 Å². The molecule has 2 aromatic rings. The summed E-state index contributed by atoms with van der Waals surface area (Å²) in [5.74, 6) is 0. The molecule has 2 N–H and O–H groups in total. The SMILES string of the molecule is OCC1C[C@@](CO)(n2nnc3ccccc32)O1. The van der Waals surface area contributed by atoms with Crippen LogP contribution in [0.4, 0.5) is 0 Å². The Kier molecular flexibility index (Phi) is 2.36. The number of hydrogen-bond donors (Lipinski definition) is 2. The third-order valence-electron chi connectivity index (χ3n) is 3.12. The molecule has 1 aliphatic heterocycles. The molecule has 2 heterocycles. The molecule has 6 heteroatoms. The molecule has 1 aromatic carbocycles. The number of hydrogen-bond acceptors (Lipinski definition) is 5. The quantitative estimate of drug-likeness (QED) is 0.773. The van der Waals surface area contributed by atoms with Gasteiger partial charge in [0, 0.05) is 6.42 Å². The Morgan fingerprint density at radius 1 is 1.41 bits per heavy atom. The van der Waals surface area contributed by atoms with E-state index in [-0.39, 0.29) is 19.3 Å². The van der Waals surface area contributed by atoms with Gasteiger partial charge in [-0.25, -0.2) is 4.68 Å². The zero-order valence-corrected chi connectivity index (χ0v) is 9.15. The topological polar surface area (TPSA) is 80.4 Å². The summed E-state index contributed by atoms with van der Waals surface area (Å²) in [6.45, 7) is -0.231. The van der Waals surface area contributed by atoms with Crippen LogP contribution in [0, 0.1) is 0 Å². The van der Waals surface area contributed by atoms with Crippen LogP contribution < -0.4 is 0 Å². The van der Waals surface area contributed by atoms with E-state index < -0.39 is 5.72 Å². The van der Waals surface area contributed by atoms with E-state index in [1.54, 1.807) is 4.68 Å². The van der Waals surface area contributed by atoms with Gasteiger partial charge < -0.3 is 14.9 Å². The molecule has 6 nitrogen and oxygen atoms in total. The van der Waals surface area contributed by atoms with Crippen LogP contribution in [0.25, 0.3) is 11.0 Å². The van der Waals surface area contributed by atoms with Gasteiger partial charge in [0.25, 0.3) is 0 Å². The van der Waals surface area contributed by atoms with Crippen molar-refractivity contribution in [3.8, 4) is 0 Å². The largest absolute Gasteiger partial charge is 0.394 e. The van der Waals surface area contributed by atoms with Gasteiger partial charge in [-0.3, -0.25) is 0 Å². The van der Waals surface area contributed by atoms with Gasteiger partial charge in [0.15, 0.2) is 5.72 Å². The number of aliphatic hydroxyl groups is 2. The summed E-state index contributed by atoms with van der Waals surface area (Å²) < 4.78 is 7.13. The summed E-state index contributed by atoms with van der Waals surface area (Å²) >= 11 is 0. The van der Waals surface area contributed by atoms with E-state index in [2.05, 4.69) is 10.3 Å². The first-order chi connectivity index (χ1) is 8.29. The zero-order chi connectivity index (χ0) is 11.9. The van der Waals surface area contributed by atoms with Gasteiger partial charge in [0.2, 0.25) is 0 Å². The fourth-order valence-electron chi connectivity index (χ4n) is 2.23. The van der Waals surface area contributed by atoms with Gasteiger partial charge in [0.1, 0.15) is 5.52 Å². The van der Waals surface area contributed by atoms with E-state index in [0.717, 1.165) is 11.0 Å². The van der Waals surface area contributed by atoms with Gasteiger partial charge in [-0.15, -0.1) is 5.10 Å². The number of ether oxygens (including phenoxy) is 1. The molecule has 2 atom stereocenters. The number of nitrogens with zero attached hydrogens (tertiary/aromatic N) is 3. The standard InChI is InChI=1S/C11H13N3O3/c15-6-8-5-11(7-16,17-8)14-10-4-2-1-3-9(10)12-13-14/h1-4,8,15-16H,5-7H2/t8?,11-/m1/s1. The van der Waals surface area contributed by atoms with E-state index in [9.17, 15) is 5.11 Å². The first-order valence-electron chi connectivity index (χ1n) is 5.49. The zero-order valence-electron chi connectivity index (χ0n) is 9.15. The van der Waals surface area contributed by atoms with Gasteiger partial charge in [-0.2, -0.15) is 0 Å². The van der Waals surface area contributed by atoms with Crippen LogP contribution in [0.2, 0.25) is 0 Å². The summed E-state index contributed by atoms with van der Waals surface area (Å²) in [6.07, 6.45) is 0.304. The van der Waals surface area contributed by atoms with Gasteiger partial charge in [0.05, 0.1) is 24.8 Å². The summed E-state index contributed by atoms with van der Waals surface area (Å²) in [6, 6.07) is 7.50. The van der Waals surface area contributed by atoms with Crippen LogP contribution in [0.1, 0.15) is 6.42 Å². The summed E-state index contributed by atoms with van der Waals surface area (Å²) in [5.41, 5.74) is 0.707. The monoisotopic (exact) mass is 235 g/mol. The Hall–Kier alpha value is -1.50. The second-order valence-electron chi connectivity index (χ2n) is 4.22. The Labute approximate surface area is 97.4 Å². The first-order valence-corrected chi connectivity index (χ1v) is 5.49. The molecule has 0 saturated carbocycles. The number of para-hydroxylation sites is 1. The smallest absolute Gasteiger partial charge is 0.189 e. The van der Waals surface area contributed by atoms with Crippen molar-refractivity contribution in [3.05, 3.63) is 24.3 Å². The lowest BCUT2D eigenvalue weighted by atomic mass is 9.99. The van der Waals surface area contributed by atoms with Crippen LogP contribution >= 0.6 is 0 Å². The Balaban J connectivity index is 2.03. The number of benzene rings is 1. The lowest BCUT2D eigenvalue weighted by Crippen LogP contribution is -2.56. The van der Waals surface area contributed by atoms with Crippen molar-refractivity contribution in [1.82, 2.24) is 15.0 Å². The fourth-order valence-corrected chi connectivity index (χ4v) is 2.23. The third-order valence-corrected chi connectivity index (χ3v) is 3.12. The molecular weight excluding hydrogens is 222 g/mol. The second kappa shape index (κ2) is 3.76. The Morgan fingerprint density at radius 3 is 2.88 bits per heavy atom. The molecule has 1 fully saturated rings. The molecule has 90 valence electrons. The molecule has 1 saturated heterocycles. The first kappa shape index (κ1) is 10.6. The van der Waals surface area contributed by atoms with Crippen molar-refractivity contribution in [3.63, 3.8) is 0 Å². The summed E-state index contributed by atoms with van der Waals surface area (Å²) in [5, 5.41) is 26.5. The van der Waals surface area contributed by atoms with Crippen LogP contribution in [0.5, 0.6) is 0 Å². The molecule has 0 bridgehead atoms. The molecule has 1 aliphatic rings. The number of aromatic nitrogens is 3. The van der Waals surface area contributed by atoms with E-state index >= 15 is 0 Å². The number of rotatable bonds is 3. The maximum Gasteiger partial charge on any atom is 0.189 e. The average molecular weight is 235 g/mol. The normalized spacial score (nSPS) is 28.2. The highest BCUT2D eigenvalue weighted by atomic mass is 16.6. The van der Waals surface area contributed by atoms with E-state index in [4.69, 9.17) is 9.84 Å². The molecule has 1 unspecified atom stereocenters. The minimum Gasteiger partial charge on any atom is -0.394 e. The van der Waals surface area contributed by atoms with Gasteiger partial charge in [-0.05, 0) is 12.1 Å². The van der Waals surface area contributed by atoms with Crippen LogP contribution in [0.15, 0.2) is 24.3 Å². The van der Waals surface area contributed by atoms with Crippen LogP contribution in [-0.4, -0.2) is 44.5 Å². The van der Waals surface area contributed by atoms with Crippen molar-refractivity contribution in [2.45, 2.75) is 18.2 Å². The molecule has 0 radical (unpaired) electrons. The highest BCUT2D eigenvalue weighted by Crippen LogP contribution is 2.37. The molecular formula is C11H13N3O3. The lowest BCUT2D eigenvalue weighted by Gasteiger charge is -2.45. The number of aliphatic hydroxyl groups excluding tert-OH is 2. The minimum absolute atomic E-state index is 0.0472. The van der Waals surface area contributed by atoms with Crippen molar-refractivity contribution >= 4 is 11.0 Å². The van der Waals surface area contributed by atoms with E-state index in [1.165, 1.54) is 0 Å². The maximum absolute atomic E-state index is 9.49. The molecule has 3 rings (SSSR count). The molecule has 0 spiro atoms. The highest BCUT2D eigenvalue weighted by molar-refractivity contribution is 5.74. The molecule has 1 aromatic heterocycles. The summed E-state index contributed by atoms with van der Waals surface area (Å²) in [4.78, 5) is 0. The lowest BCUT2D eigenvalue weighted by molar-refractivity contribution is -0.284. The second-order valence-corrected chi connectivity index (χ2v) is 4.22. The van der Waals surface area contributed by atoms with Crippen molar-refractivity contribution in [2.75, 3.05) is 13.2 Å². The average Bonchev–Trinajstić information content (AvgIpc) is 2.74. The number of fused-ring (bicyclic) bond motifs is 1. The third kappa shape index (κ3) is 1.45. The Bertz CT molecular complexity index is 533.